The molecule has 1 saturated heterocycles. The Bertz CT molecular complexity index is 445. The van der Waals surface area contributed by atoms with Crippen LogP contribution in [0.25, 0.3) is 0 Å². The molecule has 98 valence electrons. The average molecular weight is 253 g/mol. The molecule has 1 heterocycles. The van der Waals surface area contributed by atoms with Crippen LogP contribution in [0.1, 0.15) is 10.4 Å². The second kappa shape index (κ2) is 5.32. The molecule has 18 heavy (non-hydrogen) atoms. The van der Waals surface area contributed by atoms with Crippen LogP contribution in [0.5, 0.6) is 5.75 Å². The van der Waals surface area contributed by atoms with Crippen LogP contribution in [-0.2, 0) is 0 Å². The number of rotatable bonds is 2. The summed E-state index contributed by atoms with van der Waals surface area (Å²) in [7, 11) is 2.01. The van der Waals surface area contributed by atoms with Crippen LogP contribution in [0, 0.1) is 5.82 Å². The zero-order valence-corrected chi connectivity index (χ0v) is 10.2. The molecule has 1 aromatic carbocycles. The molecular formula is C12H16FN3O2. The highest BCUT2D eigenvalue weighted by atomic mass is 19.1. The van der Waals surface area contributed by atoms with Crippen LogP contribution < -0.4 is 5.43 Å². The van der Waals surface area contributed by atoms with E-state index in [4.69, 9.17) is 5.11 Å². The van der Waals surface area contributed by atoms with Gasteiger partial charge in [-0.15, -0.1) is 0 Å². The fourth-order valence-corrected chi connectivity index (χ4v) is 1.81. The predicted octanol–water partition coefficient (Wildman–Crippen LogP) is 0.423. The van der Waals surface area contributed by atoms with Crippen molar-refractivity contribution in [2.24, 2.45) is 0 Å². The van der Waals surface area contributed by atoms with Gasteiger partial charge in [0.25, 0.3) is 5.91 Å². The first-order valence-corrected chi connectivity index (χ1v) is 5.79. The summed E-state index contributed by atoms with van der Waals surface area (Å²) in [6, 6.07) is 3.50. The fourth-order valence-electron chi connectivity index (χ4n) is 1.81. The lowest BCUT2D eigenvalue weighted by Gasteiger charge is -2.32. The first-order chi connectivity index (χ1) is 8.56. The van der Waals surface area contributed by atoms with E-state index in [9.17, 15) is 9.18 Å². The second-order valence-electron chi connectivity index (χ2n) is 4.40. The molecule has 2 rings (SSSR count). The van der Waals surface area contributed by atoms with Crippen LogP contribution >= 0.6 is 0 Å². The van der Waals surface area contributed by atoms with E-state index in [1.54, 1.807) is 5.01 Å². The zero-order valence-electron chi connectivity index (χ0n) is 10.2. The maximum Gasteiger partial charge on any atom is 0.268 e. The topological polar surface area (TPSA) is 55.8 Å². The number of halogens is 1. The molecule has 1 aliphatic rings. The summed E-state index contributed by atoms with van der Waals surface area (Å²) >= 11 is 0. The highest BCUT2D eigenvalue weighted by Crippen LogP contribution is 2.15. The second-order valence-corrected chi connectivity index (χ2v) is 4.40. The number of carbonyl (C=O) groups excluding carboxylic acids is 1. The van der Waals surface area contributed by atoms with E-state index in [0.717, 1.165) is 19.2 Å². The van der Waals surface area contributed by atoms with Gasteiger partial charge in [0.05, 0.1) is 5.56 Å². The van der Waals surface area contributed by atoms with Crippen LogP contribution in [0.4, 0.5) is 4.39 Å². The van der Waals surface area contributed by atoms with E-state index < -0.39 is 11.7 Å². The Kier molecular flexibility index (Phi) is 3.78. The van der Waals surface area contributed by atoms with Gasteiger partial charge >= 0.3 is 0 Å². The monoisotopic (exact) mass is 253 g/mol. The minimum atomic E-state index is -0.721. The molecule has 0 aromatic heterocycles. The molecule has 0 radical (unpaired) electrons. The van der Waals surface area contributed by atoms with Crippen LogP contribution in [0.3, 0.4) is 0 Å². The Morgan fingerprint density at radius 1 is 1.33 bits per heavy atom. The number of piperazine rings is 1. The van der Waals surface area contributed by atoms with Gasteiger partial charge in [-0.25, -0.2) is 9.40 Å². The van der Waals surface area contributed by atoms with Gasteiger partial charge in [-0.1, -0.05) is 0 Å². The maximum atomic E-state index is 13.5. The molecule has 0 saturated carbocycles. The summed E-state index contributed by atoms with van der Waals surface area (Å²) in [6.45, 7) is 3.14. The van der Waals surface area contributed by atoms with Crippen molar-refractivity contribution >= 4 is 5.91 Å². The molecule has 1 aromatic rings. The number of likely N-dealkylation sites (N-methyl/N-ethyl adjacent to an activating group) is 1. The van der Waals surface area contributed by atoms with Gasteiger partial charge in [-0.3, -0.25) is 10.2 Å². The molecular weight excluding hydrogens is 237 g/mol. The molecule has 5 nitrogen and oxygen atoms in total. The lowest BCUT2D eigenvalue weighted by atomic mass is 10.2. The van der Waals surface area contributed by atoms with Gasteiger partial charge in [0.2, 0.25) is 0 Å². The number of nitrogens with one attached hydrogen (secondary N) is 1. The van der Waals surface area contributed by atoms with Crippen molar-refractivity contribution in [1.82, 2.24) is 15.3 Å². The first kappa shape index (κ1) is 12.8. The van der Waals surface area contributed by atoms with Crippen molar-refractivity contribution in [2.45, 2.75) is 0 Å². The molecule has 0 unspecified atom stereocenters. The van der Waals surface area contributed by atoms with Gasteiger partial charge in [-0.2, -0.15) is 0 Å². The van der Waals surface area contributed by atoms with Crippen LogP contribution in [-0.4, -0.2) is 54.1 Å². The summed E-state index contributed by atoms with van der Waals surface area (Å²) in [5.74, 6) is -1.40. The molecule has 1 fully saturated rings. The van der Waals surface area contributed by atoms with Crippen molar-refractivity contribution in [2.75, 3.05) is 33.2 Å². The molecule has 0 atom stereocenters. The highest BCUT2D eigenvalue weighted by Gasteiger charge is 2.18. The molecule has 1 aliphatic heterocycles. The van der Waals surface area contributed by atoms with E-state index in [1.807, 2.05) is 7.05 Å². The van der Waals surface area contributed by atoms with Gasteiger partial charge in [0.1, 0.15) is 11.6 Å². The van der Waals surface area contributed by atoms with E-state index >= 15 is 0 Å². The number of hydrogen-bond donors (Lipinski definition) is 2. The summed E-state index contributed by atoms with van der Waals surface area (Å²) in [5.41, 5.74) is 2.60. The maximum absolute atomic E-state index is 13.5. The number of aromatic hydroxyl groups is 1. The minimum Gasteiger partial charge on any atom is -0.508 e. The molecule has 2 N–H and O–H groups in total. The Morgan fingerprint density at radius 3 is 2.61 bits per heavy atom. The lowest BCUT2D eigenvalue weighted by molar-refractivity contribution is 0.0658. The SMILES string of the molecule is CN1CCN(NC(=O)c2ccc(O)cc2F)CC1. The van der Waals surface area contributed by atoms with Gasteiger partial charge < -0.3 is 10.0 Å². The predicted molar refractivity (Wildman–Crippen MR) is 64.6 cm³/mol. The molecule has 0 spiro atoms. The molecule has 0 bridgehead atoms. The standard InChI is InChI=1S/C12H16FN3O2/c1-15-4-6-16(7-5-15)14-12(18)10-3-2-9(17)8-11(10)13/h2-3,8,17H,4-7H2,1H3,(H,14,18). The Balaban J connectivity index is 1.99. The highest BCUT2D eigenvalue weighted by molar-refractivity contribution is 5.94. The number of amides is 1. The van der Waals surface area contributed by atoms with Crippen molar-refractivity contribution in [3.63, 3.8) is 0 Å². The smallest absolute Gasteiger partial charge is 0.268 e. The lowest BCUT2D eigenvalue weighted by Crippen LogP contribution is -2.52. The van der Waals surface area contributed by atoms with E-state index in [1.165, 1.54) is 12.1 Å². The fraction of sp³-hybridized carbons (Fsp3) is 0.417. The number of nitrogens with zero attached hydrogens (tertiary/aromatic N) is 2. The van der Waals surface area contributed by atoms with Crippen molar-refractivity contribution in [3.8, 4) is 5.75 Å². The normalized spacial score (nSPS) is 17.7. The quantitative estimate of drug-likeness (QED) is 0.802. The third-order valence-corrected chi connectivity index (χ3v) is 2.96. The zero-order chi connectivity index (χ0) is 13.1. The Morgan fingerprint density at radius 2 is 2.00 bits per heavy atom. The van der Waals surface area contributed by atoms with Gasteiger partial charge in [0, 0.05) is 32.2 Å². The summed E-state index contributed by atoms with van der Waals surface area (Å²) in [4.78, 5) is 14.0. The van der Waals surface area contributed by atoms with E-state index in [2.05, 4.69) is 10.3 Å². The number of phenolic OH excluding ortho intramolecular Hbond substituents is 1. The van der Waals surface area contributed by atoms with Crippen molar-refractivity contribution < 1.29 is 14.3 Å². The number of hydrazine groups is 1. The number of hydrogen-bond acceptors (Lipinski definition) is 4. The molecule has 6 heteroatoms. The Hall–Kier alpha value is -1.66. The first-order valence-electron chi connectivity index (χ1n) is 5.79. The largest absolute Gasteiger partial charge is 0.508 e. The number of carbonyl (C=O) groups is 1. The van der Waals surface area contributed by atoms with E-state index in [0.29, 0.717) is 13.1 Å². The summed E-state index contributed by atoms with van der Waals surface area (Å²) < 4.78 is 13.5. The van der Waals surface area contributed by atoms with Crippen molar-refractivity contribution in [1.29, 1.82) is 0 Å². The third-order valence-electron chi connectivity index (χ3n) is 2.96. The van der Waals surface area contributed by atoms with Gasteiger partial charge in [0.15, 0.2) is 0 Å². The third kappa shape index (κ3) is 2.96. The van der Waals surface area contributed by atoms with Crippen molar-refractivity contribution in [3.05, 3.63) is 29.6 Å². The molecule has 1 amide bonds. The number of benzene rings is 1. The summed E-state index contributed by atoms with van der Waals surface area (Å²) in [6.07, 6.45) is 0. The average Bonchev–Trinajstić information content (AvgIpc) is 2.32. The van der Waals surface area contributed by atoms with Gasteiger partial charge in [-0.05, 0) is 19.2 Å². The Labute approximate surface area is 105 Å². The minimum absolute atomic E-state index is 0.0632. The summed E-state index contributed by atoms with van der Waals surface area (Å²) in [5, 5.41) is 10.9. The van der Waals surface area contributed by atoms with Crippen LogP contribution in [0.15, 0.2) is 18.2 Å². The van der Waals surface area contributed by atoms with E-state index in [-0.39, 0.29) is 11.3 Å². The molecule has 0 aliphatic carbocycles. The van der Waals surface area contributed by atoms with Crippen LogP contribution in [0.2, 0.25) is 0 Å². The number of phenols is 1.